The highest BCUT2D eigenvalue weighted by Gasteiger charge is 2.27. The van der Waals surface area contributed by atoms with E-state index in [1.165, 1.54) is 5.56 Å². The van der Waals surface area contributed by atoms with Gasteiger partial charge in [-0.3, -0.25) is 9.69 Å². The highest BCUT2D eigenvalue weighted by atomic mass is 16.5. The molecule has 2 unspecified atom stereocenters. The molecule has 0 aliphatic carbocycles. The van der Waals surface area contributed by atoms with Crippen LogP contribution in [0.1, 0.15) is 34.3 Å². The Morgan fingerprint density at radius 1 is 0.971 bits per heavy atom. The Hall–Kier alpha value is -3.35. The van der Waals surface area contributed by atoms with Crippen molar-refractivity contribution in [2.45, 2.75) is 38.1 Å². The second kappa shape index (κ2) is 11.7. The Labute approximate surface area is 201 Å². The molecule has 1 aliphatic heterocycles. The number of aliphatic hydroxyl groups is 1. The fourth-order valence-corrected chi connectivity index (χ4v) is 4.19. The molecule has 6 nitrogen and oxygen atoms in total. The lowest BCUT2D eigenvalue weighted by atomic mass is 10.1. The number of amides is 1. The van der Waals surface area contributed by atoms with E-state index in [2.05, 4.69) is 22.3 Å². The summed E-state index contributed by atoms with van der Waals surface area (Å²) in [7, 11) is 1.66. The third kappa shape index (κ3) is 6.59. The fourth-order valence-electron chi connectivity index (χ4n) is 4.19. The van der Waals surface area contributed by atoms with Gasteiger partial charge in [0.25, 0.3) is 5.91 Å². The van der Waals surface area contributed by atoms with Gasteiger partial charge in [-0.2, -0.15) is 0 Å². The molecule has 1 amide bonds. The van der Waals surface area contributed by atoms with Crippen molar-refractivity contribution in [2.24, 2.45) is 0 Å². The van der Waals surface area contributed by atoms with Crippen LogP contribution in [-0.2, 0) is 13.2 Å². The summed E-state index contributed by atoms with van der Waals surface area (Å²) in [5.74, 6) is 1.35. The van der Waals surface area contributed by atoms with Crippen molar-refractivity contribution in [3.8, 4) is 11.5 Å². The molecule has 1 saturated heterocycles. The minimum absolute atomic E-state index is 0.190. The van der Waals surface area contributed by atoms with E-state index in [0.29, 0.717) is 30.9 Å². The minimum atomic E-state index is -0.571. The lowest BCUT2D eigenvalue weighted by molar-refractivity contribution is 0.0798. The maximum atomic E-state index is 12.9. The van der Waals surface area contributed by atoms with E-state index >= 15 is 0 Å². The number of hydrogen-bond acceptors (Lipinski definition) is 5. The molecule has 3 aromatic rings. The van der Waals surface area contributed by atoms with Gasteiger partial charge in [0.2, 0.25) is 0 Å². The molecule has 6 heteroatoms. The molecule has 0 radical (unpaired) electrons. The molecule has 4 rings (SSSR count). The Morgan fingerprint density at radius 3 is 2.38 bits per heavy atom. The van der Waals surface area contributed by atoms with Crippen molar-refractivity contribution >= 4 is 5.91 Å². The summed E-state index contributed by atoms with van der Waals surface area (Å²) in [5.41, 5.74) is 2.81. The minimum Gasteiger partial charge on any atom is -0.497 e. The van der Waals surface area contributed by atoms with E-state index in [9.17, 15) is 9.90 Å². The van der Waals surface area contributed by atoms with Gasteiger partial charge in [-0.15, -0.1) is 0 Å². The van der Waals surface area contributed by atoms with Crippen LogP contribution in [0.5, 0.6) is 11.5 Å². The zero-order valence-corrected chi connectivity index (χ0v) is 19.5. The predicted molar refractivity (Wildman–Crippen MR) is 132 cm³/mol. The fraction of sp³-hybridized carbons (Fsp3) is 0.321. The molecular weight excluding hydrogens is 428 g/mol. The van der Waals surface area contributed by atoms with Gasteiger partial charge < -0.3 is 19.9 Å². The number of ether oxygens (including phenoxy) is 2. The van der Waals surface area contributed by atoms with Gasteiger partial charge in [0.1, 0.15) is 18.1 Å². The molecule has 3 aromatic carbocycles. The van der Waals surface area contributed by atoms with E-state index in [4.69, 9.17) is 9.47 Å². The van der Waals surface area contributed by atoms with Crippen LogP contribution in [0.3, 0.4) is 0 Å². The molecule has 1 aliphatic rings. The molecule has 2 N–H and O–H groups in total. The first-order valence-corrected chi connectivity index (χ1v) is 11.7. The molecule has 1 fully saturated rings. The monoisotopic (exact) mass is 460 g/mol. The number of likely N-dealkylation sites (tertiary alicyclic amines) is 1. The van der Waals surface area contributed by atoms with Gasteiger partial charge in [-0.05, 0) is 66.9 Å². The highest BCUT2D eigenvalue weighted by Crippen LogP contribution is 2.18. The zero-order chi connectivity index (χ0) is 23.8. The number of aliphatic hydroxyl groups excluding tert-OH is 1. The van der Waals surface area contributed by atoms with Crippen molar-refractivity contribution in [3.63, 3.8) is 0 Å². The quantitative estimate of drug-likeness (QED) is 0.531. The molecule has 1 heterocycles. The topological polar surface area (TPSA) is 71.0 Å². The van der Waals surface area contributed by atoms with Crippen LogP contribution >= 0.6 is 0 Å². The van der Waals surface area contributed by atoms with E-state index in [1.54, 1.807) is 31.4 Å². The zero-order valence-electron chi connectivity index (χ0n) is 19.5. The Morgan fingerprint density at radius 2 is 1.68 bits per heavy atom. The summed E-state index contributed by atoms with van der Waals surface area (Å²) in [4.78, 5) is 15.2. The van der Waals surface area contributed by atoms with Crippen LogP contribution in [0, 0.1) is 0 Å². The third-order valence-corrected chi connectivity index (χ3v) is 6.14. The Balaban J connectivity index is 1.33. The molecule has 2 atom stereocenters. The van der Waals surface area contributed by atoms with Crippen molar-refractivity contribution in [2.75, 3.05) is 20.2 Å². The first-order valence-electron chi connectivity index (χ1n) is 11.7. The Kier molecular flexibility index (Phi) is 8.17. The number of nitrogens with zero attached hydrogens (tertiary/aromatic N) is 1. The molecule has 0 bridgehead atoms. The number of methoxy groups -OCH3 is 1. The lowest BCUT2D eigenvalue weighted by Crippen LogP contribution is -2.48. The van der Waals surface area contributed by atoms with Crippen molar-refractivity contribution in [1.82, 2.24) is 10.2 Å². The summed E-state index contributed by atoms with van der Waals surface area (Å²) >= 11 is 0. The molecule has 0 aromatic heterocycles. The van der Waals surface area contributed by atoms with Crippen LogP contribution in [-0.4, -0.2) is 48.3 Å². The number of carbonyl (C=O) groups is 1. The summed E-state index contributed by atoms with van der Waals surface area (Å²) in [6.07, 6.45) is 0.978. The SMILES string of the molecule is COc1ccc(CN2CCCC(O)C(NC(=O)c3ccc(OCc4ccccc4)cc3)C2)cc1. The molecule has 178 valence electrons. The smallest absolute Gasteiger partial charge is 0.251 e. The van der Waals surface area contributed by atoms with Gasteiger partial charge in [-0.1, -0.05) is 42.5 Å². The number of carbonyl (C=O) groups excluding carboxylic acids is 1. The number of hydrogen-bond donors (Lipinski definition) is 2. The Bertz CT molecular complexity index is 1040. The van der Waals surface area contributed by atoms with Crippen molar-refractivity contribution < 1.29 is 19.4 Å². The normalized spacial score (nSPS) is 18.6. The van der Waals surface area contributed by atoms with E-state index in [-0.39, 0.29) is 11.9 Å². The maximum absolute atomic E-state index is 12.9. The van der Waals surface area contributed by atoms with E-state index < -0.39 is 6.10 Å². The molecule has 34 heavy (non-hydrogen) atoms. The van der Waals surface area contributed by atoms with Gasteiger partial charge in [0, 0.05) is 18.7 Å². The molecule has 0 saturated carbocycles. The van der Waals surface area contributed by atoms with Crippen molar-refractivity contribution in [1.29, 1.82) is 0 Å². The van der Waals surface area contributed by atoms with Gasteiger partial charge in [0.15, 0.2) is 0 Å². The standard InChI is InChI=1S/C28H32N2O4/c1-33-24-13-9-21(10-14-24)18-30-17-5-8-27(31)26(19-30)29-28(32)23-11-15-25(16-12-23)34-20-22-6-3-2-4-7-22/h2-4,6-7,9-16,26-27,31H,5,8,17-20H2,1H3,(H,29,32). The van der Waals surface area contributed by atoms with Crippen LogP contribution in [0.4, 0.5) is 0 Å². The first kappa shape index (κ1) is 23.8. The van der Waals surface area contributed by atoms with Gasteiger partial charge >= 0.3 is 0 Å². The van der Waals surface area contributed by atoms with Crippen LogP contribution in [0.15, 0.2) is 78.9 Å². The van der Waals surface area contributed by atoms with E-state index in [1.807, 2.05) is 42.5 Å². The lowest BCUT2D eigenvalue weighted by Gasteiger charge is -2.27. The highest BCUT2D eigenvalue weighted by molar-refractivity contribution is 5.94. The van der Waals surface area contributed by atoms with E-state index in [0.717, 1.165) is 30.8 Å². The molecular formula is C28H32N2O4. The second-order valence-electron chi connectivity index (χ2n) is 8.67. The second-order valence-corrected chi connectivity index (χ2v) is 8.67. The van der Waals surface area contributed by atoms with Gasteiger partial charge in [-0.25, -0.2) is 0 Å². The predicted octanol–water partition coefficient (Wildman–Crippen LogP) is 4.03. The van der Waals surface area contributed by atoms with Crippen molar-refractivity contribution in [3.05, 3.63) is 95.6 Å². The van der Waals surface area contributed by atoms with Crippen LogP contribution in [0.25, 0.3) is 0 Å². The summed E-state index contributed by atoms with van der Waals surface area (Å²) in [5, 5.41) is 13.7. The first-order chi connectivity index (χ1) is 16.6. The maximum Gasteiger partial charge on any atom is 0.251 e. The largest absolute Gasteiger partial charge is 0.497 e. The number of benzene rings is 3. The average Bonchev–Trinajstić information content (AvgIpc) is 3.04. The average molecular weight is 461 g/mol. The summed E-state index contributed by atoms with van der Waals surface area (Å²) < 4.78 is 11.0. The third-order valence-electron chi connectivity index (χ3n) is 6.14. The summed E-state index contributed by atoms with van der Waals surface area (Å²) in [6, 6.07) is 24.8. The summed E-state index contributed by atoms with van der Waals surface area (Å²) in [6.45, 7) is 2.71. The van der Waals surface area contributed by atoms with Crippen LogP contribution in [0.2, 0.25) is 0 Å². The van der Waals surface area contributed by atoms with Crippen LogP contribution < -0.4 is 14.8 Å². The van der Waals surface area contributed by atoms with Gasteiger partial charge in [0.05, 0.1) is 19.3 Å². The number of nitrogens with one attached hydrogen (secondary N) is 1. The molecule has 0 spiro atoms. The number of rotatable bonds is 8.